The molecule has 0 aromatic carbocycles. The van der Waals surface area contributed by atoms with Gasteiger partial charge in [-0.25, -0.2) is 14.8 Å². The van der Waals surface area contributed by atoms with E-state index in [2.05, 4.69) is 20.4 Å². The second kappa shape index (κ2) is 10.5. The van der Waals surface area contributed by atoms with Crippen molar-refractivity contribution in [3.8, 4) is 5.88 Å². The first-order chi connectivity index (χ1) is 16.8. The Balaban J connectivity index is 2.04. The van der Waals surface area contributed by atoms with E-state index in [1.54, 1.807) is 66.1 Å². The zero-order valence-corrected chi connectivity index (χ0v) is 21.8. The summed E-state index contributed by atoms with van der Waals surface area (Å²) >= 11 is 0. The van der Waals surface area contributed by atoms with Gasteiger partial charge in [0, 0.05) is 25.7 Å². The molecule has 3 aromatic rings. The van der Waals surface area contributed by atoms with Crippen molar-refractivity contribution in [3.63, 3.8) is 0 Å². The van der Waals surface area contributed by atoms with Crippen LogP contribution in [-0.4, -0.2) is 61.9 Å². The van der Waals surface area contributed by atoms with Crippen LogP contribution in [0, 0.1) is 0 Å². The first-order valence-electron chi connectivity index (χ1n) is 11.7. The third kappa shape index (κ3) is 6.69. The van der Waals surface area contributed by atoms with Crippen molar-refractivity contribution in [3.05, 3.63) is 36.2 Å². The fraction of sp³-hybridized carbons (Fsp3) is 0.480. The summed E-state index contributed by atoms with van der Waals surface area (Å²) in [5.74, 6) is 0.891. The molecule has 0 aliphatic rings. The summed E-state index contributed by atoms with van der Waals surface area (Å²) in [7, 11) is 3.07. The number of aliphatic hydroxyl groups is 1. The Bertz CT molecular complexity index is 1240. The van der Waals surface area contributed by atoms with Gasteiger partial charge in [-0.15, -0.1) is 0 Å². The highest BCUT2D eigenvalue weighted by Crippen LogP contribution is 2.29. The van der Waals surface area contributed by atoms with E-state index in [1.807, 2.05) is 0 Å². The summed E-state index contributed by atoms with van der Waals surface area (Å²) < 4.78 is 12.3. The number of ketones is 1. The highest BCUT2D eigenvalue weighted by atomic mass is 16.6. The average molecular weight is 499 g/mol. The fourth-order valence-corrected chi connectivity index (χ4v) is 3.47. The predicted molar refractivity (Wildman–Crippen MR) is 136 cm³/mol. The minimum atomic E-state index is -0.858. The summed E-state index contributed by atoms with van der Waals surface area (Å²) in [5.41, 5.74) is -0.413. The Morgan fingerprint density at radius 2 is 1.94 bits per heavy atom. The zero-order chi connectivity index (χ0) is 26.7. The van der Waals surface area contributed by atoms with Crippen LogP contribution in [-0.2, 0) is 4.74 Å². The highest BCUT2D eigenvalue weighted by molar-refractivity contribution is 6.02. The van der Waals surface area contributed by atoms with Crippen LogP contribution in [0.3, 0.4) is 0 Å². The molecule has 0 unspecified atom stereocenters. The molecular formula is C25H34N6O5. The van der Waals surface area contributed by atoms with Crippen LogP contribution < -0.4 is 15.0 Å². The number of amides is 1. The molecule has 3 aromatic heterocycles. The van der Waals surface area contributed by atoms with Gasteiger partial charge in [0.2, 0.25) is 5.88 Å². The summed E-state index contributed by atoms with van der Waals surface area (Å²) in [5, 5.41) is 17.5. The standard InChI is InChI=1S/C25H34N6O5/c1-24(2,3)36-23(33)30(6)20-14-19(28-17-10-9-13-26-22(17)35-7)29-21-16(15-27-31(20)21)18(32)11-8-12-25(4,5)34/h9-10,13-15,34H,8,11-12H2,1-7H3,(H,28,29). The summed E-state index contributed by atoms with van der Waals surface area (Å²) in [4.78, 5) is 36.0. The molecule has 3 rings (SSSR count). The van der Waals surface area contributed by atoms with E-state index >= 15 is 0 Å². The number of Topliss-reactive ketones (excluding diaryl/α,β-unsaturated/α-hetero) is 1. The molecule has 0 atom stereocenters. The second-order valence-electron chi connectivity index (χ2n) is 10.1. The van der Waals surface area contributed by atoms with Crippen LogP contribution in [0.2, 0.25) is 0 Å². The van der Waals surface area contributed by atoms with Crippen molar-refractivity contribution >= 4 is 34.8 Å². The van der Waals surface area contributed by atoms with Crippen molar-refractivity contribution in [1.29, 1.82) is 0 Å². The zero-order valence-electron chi connectivity index (χ0n) is 21.8. The SMILES string of the molecule is COc1ncccc1Nc1cc(N(C)C(=O)OC(C)(C)C)n2ncc(C(=O)CCCC(C)(C)O)c2n1. The van der Waals surface area contributed by atoms with Crippen LogP contribution in [0.5, 0.6) is 5.88 Å². The largest absolute Gasteiger partial charge is 0.480 e. The second-order valence-corrected chi connectivity index (χ2v) is 10.1. The van der Waals surface area contributed by atoms with E-state index in [-0.39, 0.29) is 17.9 Å². The van der Waals surface area contributed by atoms with E-state index in [1.165, 1.54) is 22.7 Å². The molecule has 0 aliphatic heterocycles. The molecule has 0 fully saturated rings. The molecule has 0 bridgehead atoms. The third-order valence-electron chi connectivity index (χ3n) is 5.18. The normalized spacial score (nSPS) is 11.9. The van der Waals surface area contributed by atoms with Gasteiger partial charge in [-0.3, -0.25) is 9.69 Å². The minimum Gasteiger partial charge on any atom is -0.480 e. The molecule has 11 nitrogen and oxygen atoms in total. The number of rotatable bonds is 9. The summed E-state index contributed by atoms with van der Waals surface area (Å²) in [6.45, 7) is 8.75. The highest BCUT2D eigenvalue weighted by Gasteiger charge is 2.25. The number of aromatic nitrogens is 4. The Morgan fingerprint density at radius 3 is 2.58 bits per heavy atom. The number of nitrogens with one attached hydrogen (secondary N) is 1. The van der Waals surface area contributed by atoms with E-state index in [0.717, 1.165) is 0 Å². The number of anilines is 3. The van der Waals surface area contributed by atoms with Gasteiger partial charge in [-0.1, -0.05) is 0 Å². The molecule has 0 spiro atoms. The summed E-state index contributed by atoms with van der Waals surface area (Å²) in [6, 6.07) is 5.14. The lowest BCUT2D eigenvalue weighted by molar-refractivity contribution is 0.0586. The first-order valence-corrected chi connectivity index (χ1v) is 11.7. The Kier molecular flexibility index (Phi) is 7.83. The molecule has 3 heterocycles. The Morgan fingerprint density at radius 1 is 1.22 bits per heavy atom. The molecular weight excluding hydrogens is 464 g/mol. The monoisotopic (exact) mass is 498 g/mol. The number of carbonyl (C=O) groups excluding carboxylic acids is 2. The molecule has 0 saturated heterocycles. The van der Waals surface area contributed by atoms with Gasteiger partial charge in [0.1, 0.15) is 22.9 Å². The predicted octanol–water partition coefficient (Wildman–Crippen LogP) is 4.37. The summed E-state index contributed by atoms with van der Waals surface area (Å²) in [6.07, 6.45) is 3.66. The van der Waals surface area contributed by atoms with E-state index in [4.69, 9.17) is 9.47 Å². The number of methoxy groups -OCH3 is 1. The first kappa shape index (κ1) is 26.9. The van der Waals surface area contributed by atoms with Gasteiger partial charge in [0.25, 0.3) is 0 Å². The van der Waals surface area contributed by atoms with Gasteiger partial charge in [-0.2, -0.15) is 9.61 Å². The van der Waals surface area contributed by atoms with Crippen molar-refractivity contribution in [2.75, 3.05) is 24.4 Å². The lowest BCUT2D eigenvalue weighted by Crippen LogP contribution is -2.35. The fourth-order valence-electron chi connectivity index (χ4n) is 3.47. The maximum Gasteiger partial charge on any atom is 0.415 e. The van der Waals surface area contributed by atoms with Gasteiger partial charge in [-0.05, 0) is 59.6 Å². The quantitative estimate of drug-likeness (QED) is 0.413. The number of fused-ring (bicyclic) bond motifs is 1. The number of pyridine rings is 1. The van der Waals surface area contributed by atoms with Crippen LogP contribution >= 0.6 is 0 Å². The molecule has 0 radical (unpaired) electrons. The molecule has 1 amide bonds. The average Bonchev–Trinajstić information content (AvgIpc) is 3.20. The van der Waals surface area contributed by atoms with E-state index in [0.29, 0.717) is 41.6 Å². The van der Waals surface area contributed by atoms with Crippen LogP contribution in [0.15, 0.2) is 30.6 Å². The number of ether oxygens (including phenoxy) is 2. The number of nitrogens with zero attached hydrogens (tertiary/aromatic N) is 5. The molecule has 0 saturated carbocycles. The van der Waals surface area contributed by atoms with Crippen molar-refractivity contribution < 1.29 is 24.2 Å². The van der Waals surface area contributed by atoms with Gasteiger partial charge < -0.3 is 19.9 Å². The molecule has 194 valence electrons. The van der Waals surface area contributed by atoms with Gasteiger partial charge in [0.15, 0.2) is 11.4 Å². The Hall–Kier alpha value is -3.73. The van der Waals surface area contributed by atoms with Gasteiger partial charge >= 0.3 is 6.09 Å². The number of hydrogen-bond donors (Lipinski definition) is 2. The van der Waals surface area contributed by atoms with Crippen LogP contribution in [0.4, 0.5) is 22.1 Å². The number of hydrogen-bond acceptors (Lipinski definition) is 9. The van der Waals surface area contributed by atoms with Crippen LogP contribution in [0.1, 0.15) is 64.2 Å². The third-order valence-corrected chi connectivity index (χ3v) is 5.18. The lowest BCUT2D eigenvalue weighted by atomic mass is 9.99. The number of carbonyl (C=O) groups is 2. The molecule has 0 aliphatic carbocycles. The molecule has 11 heteroatoms. The topological polar surface area (TPSA) is 131 Å². The van der Waals surface area contributed by atoms with Crippen molar-refractivity contribution in [1.82, 2.24) is 19.6 Å². The van der Waals surface area contributed by atoms with Gasteiger partial charge in [0.05, 0.1) is 24.5 Å². The minimum absolute atomic E-state index is 0.163. The van der Waals surface area contributed by atoms with Crippen LogP contribution in [0.25, 0.3) is 5.65 Å². The maximum atomic E-state index is 13.0. The molecule has 36 heavy (non-hydrogen) atoms. The van der Waals surface area contributed by atoms with E-state index in [9.17, 15) is 14.7 Å². The molecule has 2 N–H and O–H groups in total. The van der Waals surface area contributed by atoms with Crippen molar-refractivity contribution in [2.24, 2.45) is 0 Å². The van der Waals surface area contributed by atoms with Crippen molar-refractivity contribution in [2.45, 2.75) is 65.1 Å². The maximum absolute atomic E-state index is 13.0. The van der Waals surface area contributed by atoms with E-state index < -0.39 is 17.3 Å². The lowest BCUT2D eigenvalue weighted by Gasteiger charge is -2.25. The Labute approximate surface area is 210 Å². The smallest absolute Gasteiger partial charge is 0.415 e.